The summed E-state index contributed by atoms with van der Waals surface area (Å²) in [5.41, 5.74) is 0. The van der Waals surface area contributed by atoms with Crippen LogP contribution in [0.25, 0.3) is 0 Å². The van der Waals surface area contributed by atoms with Gasteiger partial charge in [-0.25, -0.2) is 4.79 Å². The second-order valence-electron chi connectivity index (χ2n) is 4.38. The molecule has 0 bridgehead atoms. The van der Waals surface area contributed by atoms with Crippen molar-refractivity contribution in [3.63, 3.8) is 0 Å². The fourth-order valence-electron chi connectivity index (χ4n) is 1.99. The molecule has 0 aromatic rings. The standard InChI is InChI=1S/C12H23NO2/c1-2-3-6-9-13-12(14)15-10-11-7-4-5-8-11/h11H,2-10H2,1H3,(H,13,14). The fourth-order valence-corrected chi connectivity index (χ4v) is 1.99. The normalized spacial score (nSPS) is 16.6. The van der Waals surface area contributed by atoms with Gasteiger partial charge in [-0.2, -0.15) is 0 Å². The molecule has 3 heteroatoms. The molecule has 0 spiro atoms. The number of hydrogen-bond donors (Lipinski definition) is 1. The van der Waals surface area contributed by atoms with Crippen molar-refractivity contribution in [2.24, 2.45) is 5.92 Å². The molecule has 0 atom stereocenters. The largest absolute Gasteiger partial charge is 0.449 e. The van der Waals surface area contributed by atoms with Crippen LogP contribution in [0.4, 0.5) is 4.79 Å². The molecule has 0 aromatic carbocycles. The summed E-state index contributed by atoms with van der Waals surface area (Å²) in [4.78, 5) is 11.2. The number of hydrogen-bond acceptors (Lipinski definition) is 2. The molecule has 1 saturated carbocycles. The van der Waals surface area contributed by atoms with Crippen LogP contribution in [0.1, 0.15) is 51.9 Å². The van der Waals surface area contributed by atoms with Crippen LogP contribution in [0.3, 0.4) is 0 Å². The molecular formula is C12H23NO2. The predicted molar refractivity (Wildman–Crippen MR) is 60.8 cm³/mol. The highest BCUT2D eigenvalue weighted by Crippen LogP contribution is 2.24. The third-order valence-electron chi connectivity index (χ3n) is 2.97. The molecular weight excluding hydrogens is 190 g/mol. The average molecular weight is 213 g/mol. The lowest BCUT2D eigenvalue weighted by molar-refractivity contribution is 0.127. The van der Waals surface area contributed by atoms with Crippen LogP contribution in [0.2, 0.25) is 0 Å². The van der Waals surface area contributed by atoms with E-state index in [1.807, 2.05) is 0 Å². The molecule has 3 nitrogen and oxygen atoms in total. The van der Waals surface area contributed by atoms with E-state index in [0.29, 0.717) is 12.5 Å². The van der Waals surface area contributed by atoms with Gasteiger partial charge in [0.1, 0.15) is 0 Å². The average Bonchev–Trinajstić information content (AvgIpc) is 2.74. The minimum absolute atomic E-state index is 0.238. The summed E-state index contributed by atoms with van der Waals surface area (Å²) < 4.78 is 5.16. The Labute approximate surface area is 92.6 Å². The number of alkyl carbamates (subject to hydrolysis) is 1. The van der Waals surface area contributed by atoms with Crippen LogP contribution in [-0.2, 0) is 4.74 Å². The van der Waals surface area contributed by atoms with Gasteiger partial charge in [-0.15, -0.1) is 0 Å². The van der Waals surface area contributed by atoms with Crippen LogP contribution < -0.4 is 5.32 Å². The second kappa shape index (κ2) is 7.55. The van der Waals surface area contributed by atoms with Crippen LogP contribution in [0, 0.1) is 5.92 Å². The van der Waals surface area contributed by atoms with E-state index in [-0.39, 0.29) is 6.09 Å². The van der Waals surface area contributed by atoms with Gasteiger partial charge >= 0.3 is 6.09 Å². The van der Waals surface area contributed by atoms with Gasteiger partial charge in [0, 0.05) is 6.54 Å². The van der Waals surface area contributed by atoms with E-state index in [4.69, 9.17) is 4.74 Å². The Balaban J connectivity index is 1.93. The SMILES string of the molecule is CCCCCNC(=O)OCC1CCCC1. The van der Waals surface area contributed by atoms with Crippen molar-refractivity contribution in [3.8, 4) is 0 Å². The molecule has 1 aliphatic rings. The van der Waals surface area contributed by atoms with Crippen LogP contribution in [-0.4, -0.2) is 19.2 Å². The molecule has 0 aromatic heterocycles. The van der Waals surface area contributed by atoms with E-state index < -0.39 is 0 Å². The van der Waals surface area contributed by atoms with Crippen molar-refractivity contribution in [3.05, 3.63) is 0 Å². The number of carbonyl (C=O) groups is 1. The summed E-state index contributed by atoms with van der Waals surface area (Å²) in [6, 6.07) is 0. The summed E-state index contributed by atoms with van der Waals surface area (Å²) in [7, 11) is 0. The predicted octanol–water partition coefficient (Wildman–Crippen LogP) is 3.09. The van der Waals surface area contributed by atoms with Crippen LogP contribution in [0.15, 0.2) is 0 Å². The quantitative estimate of drug-likeness (QED) is 0.688. The van der Waals surface area contributed by atoms with Gasteiger partial charge in [0.25, 0.3) is 0 Å². The molecule has 1 fully saturated rings. The first kappa shape index (κ1) is 12.3. The zero-order chi connectivity index (χ0) is 10.9. The van der Waals surface area contributed by atoms with E-state index in [1.165, 1.54) is 38.5 Å². The van der Waals surface area contributed by atoms with Gasteiger partial charge in [-0.3, -0.25) is 0 Å². The Kier molecular flexibility index (Phi) is 6.21. The molecule has 0 aliphatic heterocycles. The van der Waals surface area contributed by atoms with Crippen molar-refractivity contribution in [2.45, 2.75) is 51.9 Å². The van der Waals surface area contributed by atoms with Crippen molar-refractivity contribution in [1.29, 1.82) is 0 Å². The highest BCUT2D eigenvalue weighted by atomic mass is 16.5. The van der Waals surface area contributed by atoms with Crippen molar-refractivity contribution >= 4 is 6.09 Å². The molecule has 0 unspecified atom stereocenters. The van der Waals surface area contributed by atoms with Crippen molar-refractivity contribution in [2.75, 3.05) is 13.2 Å². The first-order valence-corrected chi connectivity index (χ1v) is 6.23. The fraction of sp³-hybridized carbons (Fsp3) is 0.917. The van der Waals surface area contributed by atoms with Gasteiger partial charge in [0.05, 0.1) is 6.61 Å². The first-order valence-electron chi connectivity index (χ1n) is 6.23. The minimum Gasteiger partial charge on any atom is -0.449 e. The number of nitrogens with one attached hydrogen (secondary N) is 1. The van der Waals surface area contributed by atoms with Gasteiger partial charge in [-0.05, 0) is 25.2 Å². The number of rotatable bonds is 6. The lowest BCUT2D eigenvalue weighted by Crippen LogP contribution is -2.26. The molecule has 0 heterocycles. The van der Waals surface area contributed by atoms with Gasteiger partial charge in [-0.1, -0.05) is 32.6 Å². The smallest absolute Gasteiger partial charge is 0.407 e. The number of carbonyl (C=O) groups excluding carboxylic acids is 1. The summed E-state index contributed by atoms with van der Waals surface area (Å²) >= 11 is 0. The van der Waals surface area contributed by atoms with E-state index >= 15 is 0 Å². The maximum absolute atomic E-state index is 11.2. The lowest BCUT2D eigenvalue weighted by Gasteiger charge is -2.10. The van der Waals surface area contributed by atoms with Gasteiger partial charge < -0.3 is 10.1 Å². The maximum Gasteiger partial charge on any atom is 0.407 e. The number of unbranched alkanes of at least 4 members (excludes halogenated alkanes) is 2. The molecule has 1 aliphatic carbocycles. The molecule has 1 amide bonds. The van der Waals surface area contributed by atoms with Gasteiger partial charge in [0.15, 0.2) is 0 Å². The lowest BCUT2D eigenvalue weighted by atomic mass is 10.1. The molecule has 15 heavy (non-hydrogen) atoms. The third-order valence-corrected chi connectivity index (χ3v) is 2.97. The van der Waals surface area contributed by atoms with Crippen LogP contribution in [0.5, 0.6) is 0 Å². The first-order chi connectivity index (χ1) is 7.33. The van der Waals surface area contributed by atoms with Crippen molar-refractivity contribution < 1.29 is 9.53 Å². The Morgan fingerprint density at radius 2 is 2.07 bits per heavy atom. The third kappa shape index (κ3) is 5.65. The van der Waals surface area contributed by atoms with E-state index in [0.717, 1.165) is 13.0 Å². The number of amides is 1. The Morgan fingerprint density at radius 1 is 1.33 bits per heavy atom. The molecule has 88 valence electrons. The Hall–Kier alpha value is -0.730. The zero-order valence-corrected chi connectivity index (χ0v) is 9.76. The summed E-state index contributed by atoms with van der Waals surface area (Å²) in [6.45, 7) is 3.51. The maximum atomic E-state index is 11.2. The molecule has 0 radical (unpaired) electrons. The van der Waals surface area contributed by atoms with E-state index in [9.17, 15) is 4.79 Å². The molecule has 0 saturated heterocycles. The molecule has 1 N–H and O–H groups in total. The summed E-state index contributed by atoms with van der Waals surface area (Å²) in [5.74, 6) is 0.617. The van der Waals surface area contributed by atoms with Crippen LogP contribution >= 0.6 is 0 Å². The van der Waals surface area contributed by atoms with Gasteiger partial charge in [0.2, 0.25) is 0 Å². The summed E-state index contributed by atoms with van der Waals surface area (Å²) in [6.07, 6.45) is 8.21. The number of ether oxygens (including phenoxy) is 1. The van der Waals surface area contributed by atoms with E-state index in [1.54, 1.807) is 0 Å². The summed E-state index contributed by atoms with van der Waals surface area (Å²) in [5, 5.41) is 2.78. The topological polar surface area (TPSA) is 38.3 Å². The Morgan fingerprint density at radius 3 is 2.73 bits per heavy atom. The highest BCUT2D eigenvalue weighted by molar-refractivity contribution is 5.66. The van der Waals surface area contributed by atoms with Crippen molar-refractivity contribution in [1.82, 2.24) is 5.32 Å². The minimum atomic E-state index is -0.238. The zero-order valence-electron chi connectivity index (χ0n) is 9.76. The molecule has 1 rings (SSSR count). The van der Waals surface area contributed by atoms with E-state index in [2.05, 4.69) is 12.2 Å². The Bertz CT molecular complexity index is 176. The second-order valence-corrected chi connectivity index (χ2v) is 4.38. The monoisotopic (exact) mass is 213 g/mol. The highest BCUT2D eigenvalue weighted by Gasteiger charge is 2.16.